The Balaban J connectivity index is 1.51. The van der Waals surface area contributed by atoms with E-state index >= 15 is 0 Å². The van der Waals surface area contributed by atoms with Gasteiger partial charge in [-0.2, -0.15) is 5.10 Å². The molecule has 156 valence electrons. The number of halogens is 1. The van der Waals surface area contributed by atoms with Crippen LogP contribution in [0.25, 0.3) is 17.1 Å². The maximum Gasteiger partial charge on any atom is 0.250 e. The molecular formula is C22H18BrN5OS2. The normalized spacial score (nSPS) is 11.2. The molecule has 0 aliphatic rings. The van der Waals surface area contributed by atoms with E-state index in [0.717, 1.165) is 25.7 Å². The van der Waals surface area contributed by atoms with Crippen molar-refractivity contribution >= 4 is 51.2 Å². The average molecular weight is 512 g/mol. The highest BCUT2D eigenvalue weighted by molar-refractivity contribution is 9.11. The Hall–Kier alpha value is -2.75. The lowest BCUT2D eigenvalue weighted by molar-refractivity contribution is -0.118. The summed E-state index contributed by atoms with van der Waals surface area (Å²) in [6.45, 7) is 2.05. The van der Waals surface area contributed by atoms with Gasteiger partial charge in [-0.15, -0.1) is 21.5 Å². The minimum Gasteiger partial charge on any atom is -0.272 e. The number of hydrazone groups is 1. The third-order valence-corrected chi connectivity index (χ3v) is 6.75. The Morgan fingerprint density at radius 1 is 1.13 bits per heavy atom. The van der Waals surface area contributed by atoms with E-state index in [0.29, 0.717) is 5.16 Å². The number of nitrogens with one attached hydrogen (secondary N) is 1. The van der Waals surface area contributed by atoms with Crippen LogP contribution in [0.15, 0.2) is 80.8 Å². The summed E-state index contributed by atoms with van der Waals surface area (Å²) in [5.41, 5.74) is 5.63. The maximum atomic E-state index is 12.3. The Labute approximate surface area is 196 Å². The predicted molar refractivity (Wildman–Crippen MR) is 130 cm³/mol. The Kier molecular flexibility index (Phi) is 6.96. The first-order chi connectivity index (χ1) is 15.1. The van der Waals surface area contributed by atoms with E-state index in [1.807, 2.05) is 78.2 Å². The summed E-state index contributed by atoms with van der Waals surface area (Å²) in [4.78, 5) is 13.2. The number of hydrogen-bond donors (Lipinski definition) is 1. The Morgan fingerprint density at radius 3 is 2.61 bits per heavy atom. The molecule has 0 saturated carbocycles. The van der Waals surface area contributed by atoms with Gasteiger partial charge in [-0.3, -0.25) is 9.36 Å². The molecule has 0 bridgehead atoms. The highest BCUT2D eigenvalue weighted by atomic mass is 79.9. The zero-order valence-electron chi connectivity index (χ0n) is 16.5. The molecule has 1 N–H and O–H groups in total. The summed E-state index contributed by atoms with van der Waals surface area (Å²) in [5.74, 6) is 0.690. The fourth-order valence-corrected chi connectivity index (χ4v) is 4.83. The van der Waals surface area contributed by atoms with Gasteiger partial charge in [0.15, 0.2) is 11.0 Å². The lowest BCUT2D eigenvalue weighted by Gasteiger charge is -2.10. The van der Waals surface area contributed by atoms with Crippen LogP contribution in [0.1, 0.15) is 10.4 Å². The predicted octanol–water partition coefficient (Wildman–Crippen LogP) is 5.31. The summed E-state index contributed by atoms with van der Waals surface area (Å²) in [6.07, 6.45) is 1.63. The van der Waals surface area contributed by atoms with Gasteiger partial charge in [0.25, 0.3) is 5.91 Å². The van der Waals surface area contributed by atoms with Gasteiger partial charge in [-0.1, -0.05) is 59.8 Å². The minimum atomic E-state index is -0.211. The van der Waals surface area contributed by atoms with Crippen molar-refractivity contribution in [1.82, 2.24) is 20.2 Å². The highest BCUT2D eigenvalue weighted by Gasteiger charge is 2.17. The van der Waals surface area contributed by atoms with E-state index in [2.05, 4.69) is 36.7 Å². The van der Waals surface area contributed by atoms with Crippen LogP contribution in [-0.4, -0.2) is 32.6 Å². The SMILES string of the molecule is Cc1ccc(-n2c(SCC(=O)N/N=C/c3ccc(Br)s3)nnc2-c2ccccc2)cc1. The zero-order valence-corrected chi connectivity index (χ0v) is 19.7. The van der Waals surface area contributed by atoms with Gasteiger partial charge in [0.2, 0.25) is 0 Å². The van der Waals surface area contributed by atoms with Crippen molar-refractivity contribution in [2.24, 2.45) is 5.10 Å². The van der Waals surface area contributed by atoms with Crippen molar-refractivity contribution in [2.75, 3.05) is 5.75 Å². The van der Waals surface area contributed by atoms with Crippen LogP contribution in [0.2, 0.25) is 0 Å². The quantitative estimate of drug-likeness (QED) is 0.207. The molecule has 0 aliphatic carbocycles. The molecule has 2 heterocycles. The van der Waals surface area contributed by atoms with Crippen LogP contribution < -0.4 is 5.43 Å². The van der Waals surface area contributed by atoms with Crippen LogP contribution in [0, 0.1) is 6.92 Å². The van der Waals surface area contributed by atoms with E-state index in [1.165, 1.54) is 17.3 Å². The number of thioether (sulfide) groups is 1. The van der Waals surface area contributed by atoms with Crippen LogP contribution in [-0.2, 0) is 4.79 Å². The van der Waals surface area contributed by atoms with Crippen molar-refractivity contribution in [2.45, 2.75) is 12.1 Å². The first kappa shape index (κ1) is 21.5. The number of nitrogens with zero attached hydrogens (tertiary/aromatic N) is 4. The number of amides is 1. The minimum absolute atomic E-state index is 0.171. The molecule has 0 fully saturated rings. The van der Waals surface area contributed by atoms with Gasteiger partial charge in [0, 0.05) is 16.1 Å². The molecule has 0 radical (unpaired) electrons. The topological polar surface area (TPSA) is 72.2 Å². The number of benzene rings is 2. The third-order valence-electron chi connectivity index (χ3n) is 4.26. The van der Waals surface area contributed by atoms with Crippen LogP contribution in [0.5, 0.6) is 0 Å². The van der Waals surface area contributed by atoms with E-state index < -0.39 is 0 Å². The van der Waals surface area contributed by atoms with Gasteiger partial charge < -0.3 is 0 Å². The number of carbonyl (C=O) groups excluding carboxylic acids is 1. The average Bonchev–Trinajstić information content (AvgIpc) is 3.39. The molecule has 0 aliphatic heterocycles. The summed E-state index contributed by atoms with van der Waals surface area (Å²) in [7, 11) is 0. The zero-order chi connectivity index (χ0) is 21.6. The molecule has 31 heavy (non-hydrogen) atoms. The molecule has 6 nitrogen and oxygen atoms in total. The first-order valence-electron chi connectivity index (χ1n) is 9.38. The molecular weight excluding hydrogens is 494 g/mol. The first-order valence-corrected chi connectivity index (χ1v) is 12.0. The van der Waals surface area contributed by atoms with Crippen molar-refractivity contribution < 1.29 is 4.79 Å². The van der Waals surface area contributed by atoms with E-state index in [4.69, 9.17) is 0 Å². The molecule has 2 aromatic heterocycles. The molecule has 4 rings (SSSR count). The number of aromatic nitrogens is 3. The van der Waals surface area contributed by atoms with Crippen molar-refractivity contribution in [3.05, 3.63) is 81.0 Å². The lowest BCUT2D eigenvalue weighted by Crippen LogP contribution is -2.19. The monoisotopic (exact) mass is 511 g/mol. The fourth-order valence-electron chi connectivity index (χ4n) is 2.79. The van der Waals surface area contributed by atoms with Gasteiger partial charge in [-0.25, -0.2) is 5.43 Å². The van der Waals surface area contributed by atoms with Crippen molar-refractivity contribution in [3.8, 4) is 17.1 Å². The second-order valence-corrected chi connectivity index (χ2v) is 10.0. The number of aryl methyl sites for hydroxylation is 1. The number of hydrogen-bond acceptors (Lipinski definition) is 6. The number of carbonyl (C=O) groups is 1. The van der Waals surface area contributed by atoms with E-state index in [1.54, 1.807) is 17.6 Å². The summed E-state index contributed by atoms with van der Waals surface area (Å²) < 4.78 is 2.99. The van der Waals surface area contributed by atoms with Crippen molar-refractivity contribution in [3.63, 3.8) is 0 Å². The fraction of sp³-hybridized carbons (Fsp3) is 0.0909. The highest BCUT2D eigenvalue weighted by Crippen LogP contribution is 2.28. The molecule has 0 saturated heterocycles. The van der Waals surface area contributed by atoms with Crippen LogP contribution >= 0.6 is 39.0 Å². The van der Waals surface area contributed by atoms with Gasteiger partial charge >= 0.3 is 0 Å². The molecule has 1 amide bonds. The molecule has 0 spiro atoms. The second-order valence-electron chi connectivity index (χ2n) is 6.57. The summed E-state index contributed by atoms with van der Waals surface area (Å²) >= 11 is 6.26. The van der Waals surface area contributed by atoms with Gasteiger partial charge in [0.05, 0.1) is 15.8 Å². The standard InChI is InChI=1S/C22H18BrN5OS2/c1-15-7-9-17(10-8-15)28-21(16-5-3-2-4-6-16)26-27-22(28)30-14-20(29)25-24-13-18-11-12-19(23)31-18/h2-13H,14H2,1H3,(H,25,29)/b24-13+. The van der Waals surface area contributed by atoms with Gasteiger partial charge in [0.1, 0.15) is 0 Å². The summed E-state index contributed by atoms with van der Waals surface area (Å²) in [5, 5.41) is 13.4. The summed E-state index contributed by atoms with van der Waals surface area (Å²) in [6, 6.07) is 21.9. The largest absolute Gasteiger partial charge is 0.272 e. The number of rotatable bonds is 7. The van der Waals surface area contributed by atoms with Gasteiger partial charge in [-0.05, 0) is 47.1 Å². The number of thiophene rings is 1. The van der Waals surface area contributed by atoms with E-state index in [-0.39, 0.29) is 11.7 Å². The van der Waals surface area contributed by atoms with E-state index in [9.17, 15) is 4.79 Å². The second kappa shape index (κ2) is 10.0. The molecule has 4 aromatic rings. The lowest BCUT2D eigenvalue weighted by atomic mass is 10.2. The smallest absolute Gasteiger partial charge is 0.250 e. The van der Waals surface area contributed by atoms with Crippen LogP contribution in [0.4, 0.5) is 0 Å². The third kappa shape index (κ3) is 5.49. The van der Waals surface area contributed by atoms with Crippen molar-refractivity contribution in [1.29, 1.82) is 0 Å². The van der Waals surface area contributed by atoms with Crippen LogP contribution in [0.3, 0.4) is 0 Å². The molecule has 0 unspecified atom stereocenters. The Morgan fingerprint density at radius 2 is 1.90 bits per heavy atom. The molecule has 2 aromatic carbocycles. The Bertz CT molecular complexity index is 1200. The molecule has 9 heteroatoms. The molecule has 0 atom stereocenters. The maximum absolute atomic E-state index is 12.3.